The van der Waals surface area contributed by atoms with E-state index in [0.717, 1.165) is 16.8 Å². The summed E-state index contributed by atoms with van der Waals surface area (Å²) in [7, 11) is 0. The number of rotatable bonds is 5. The zero-order chi connectivity index (χ0) is 18.7. The molecule has 0 atom stereocenters. The predicted molar refractivity (Wildman–Crippen MR) is 106 cm³/mol. The Morgan fingerprint density at radius 1 is 1.27 bits per heavy atom. The number of aromatic amines is 1. The van der Waals surface area contributed by atoms with Gasteiger partial charge in [-0.1, -0.05) is 23.7 Å². The zero-order valence-corrected chi connectivity index (χ0v) is 15.5. The van der Waals surface area contributed by atoms with E-state index >= 15 is 0 Å². The van der Waals surface area contributed by atoms with Crippen LogP contribution >= 0.6 is 23.4 Å². The molecule has 4 nitrogen and oxygen atoms in total. The number of aryl methyl sites for hydroxylation is 1. The molecule has 1 aromatic heterocycles. The molecular weight excluding hydrogens is 375 g/mol. The number of aromatic nitrogens is 1. The lowest BCUT2D eigenvalue weighted by atomic mass is 10.1. The Bertz CT molecular complexity index is 1040. The summed E-state index contributed by atoms with van der Waals surface area (Å²) in [4.78, 5) is 27.5. The lowest BCUT2D eigenvalue weighted by molar-refractivity contribution is -0.113. The Hall–Kier alpha value is -2.31. The van der Waals surface area contributed by atoms with Crippen molar-refractivity contribution in [3.8, 4) is 0 Å². The lowest BCUT2D eigenvalue weighted by Gasteiger charge is -2.08. The standard InChI is InChI=1S/C19H16ClFN2O2S/c1-11-3-2-4-14-17(24)8-13(23-19(11)14)9-26-10-18(25)22-12-5-6-16(21)15(20)7-12/h2-8H,9-10H2,1H3,(H,22,25)(H,23,24). The molecule has 0 aliphatic heterocycles. The number of carbonyl (C=O) groups is 1. The van der Waals surface area contributed by atoms with Crippen molar-refractivity contribution in [1.29, 1.82) is 0 Å². The largest absolute Gasteiger partial charge is 0.357 e. The van der Waals surface area contributed by atoms with Gasteiger partial charge < -0.3 is 10.3 Å². The van der Waals surface area contributed by atoms with Crippen LogP contribution in [0.1, 0.15) is 11.3 Å². The molecule has 0 saturated carbocycles. The van der Waals surface area contributed by atoms with E-state index in [4.69, 9.17) is 11.6 Å². The smallest absolute Gasteiger partial charge is 0.234 e. The van der Waals surface area contributed by atoms with Gasteiger partial charge in [-0.2, -0.15) is 0 Å². The van der Waals surface area contributed by atoms with Crippen LogP contribution in [0, 0.1) is 12.7 Å². The molecule has 0 bridgehead atoms. The van der Waals surface area contributed by atoms with Gasteiger partial charge in [0.05, 0.1) is 16.3 Å². The molecule has 0 unspecified atom stereocenters. The molecule has 0 aliphatic carbocycles. The number of benzene rings is 2. The quantitative estimate of drug-likeness (QED) is 0.674. The highest BCUT2D eigenvalue weighted by Crippen LogP contribution is 2.20. The van der Waals surface area contributed by atoms with Crippen molar-refractivity contribution in [3.63, 3.8) is 0 Å². The number of hydrogen-bond acceptors (Lipinski definition) is 3. The fourth-order valence-electron chi connectivity index (χ4n) is 2.57. The van der Waals surface area contributed by atoms with E-state index < -0.39 is 5.82 Å². The van der Waals surface area contributed by atoms with Crippen molar-refractivity contribution >= 4 is 45.9 Å². The van der Waals surface area contributed by atoms with Gasteiger partial charge in [0.25, 0.3) is 0 Å². The molecule has 2 aromatic carbocycles. The summed E-state index contributed by atoms with van der Waals surface area (Å²) in [6.07, 6.45) is 0. The number of thioether (sulfide) groups is 1. The van der Waals surface area contributed by atoms with Crippen LogP contribution in [0.25, 0.3) is 10.9 Å². The highest BCUT2D eigenvalue weighted by Gasteiger charge is 2.08. The summed E-state index contributed by atoms with van der Waals surface area (Å²) >= 11 is 7.07. The van der Waals surface area contributed by atoms with Gasteiger partial charge >= 0.3 is 0 Å². The van der Waals surface area contributed by atoms with E-state index in [1.807, 2.05) is 19.1 Å². The monoisotopic (exact) mass is 390 g/mol. The predicted octanol–water partition coefficient (Wildman–Crippen LogP) is 4.50. The number of fused-ring (bicyclic) bond motifs is 1. The Morgan fingerprint density at radius 2 is 2.08 bits per heavy atom. The third-order valence-electron chi connectivity index (χ3n) is 3.82. The molecule has 1 heterocycles. The molecule has 0 aliphatic rings. The van der Waals surface area contributed by atoms with Crippen molar-refractivity contribution < 1.29 is 9.18 Å². The fraction of sp³-hybridized carbons (Fsp3) is 0.158. The second kappa shape index (κ2) is 7.93. The second-order valence-corrected chi connectivity index (χ2v) is 7.22. The molecule has 26 heavy (non-hydrogen) atoms. The van der Waals surface area contributed by atoms with E-state index in [-0.39, 0.29) is 22.1 Å². The Labute approximate surface area is 158 Å². The van der Waals surface area contributed by atoms with Crippen molar-refractivity contribution in [2.75, 3.05) is 11.1 Å². The molecule has 0 spiro atoms. The Morgan fingerprint density at radius 3 is 2.85 bits per heavy atom. The highest BCUT2D eigenvalue weighted by molar-refractivity contribution is 7.99. The van der Waals surface area contributed by atoms with Crippen LogP contribution in [-0.4, -0.2) is 16.6 Å². The first-order valence-corrected chi connectivity index (χ1v) is 9.41. The molecule has 7 heteroatoms. The van der Waals surface area contributed by atoms with E-state index in [2.05, 4.69) is 10.3 Å². The number of hydrogen-bond donors (Lipinski definition) is 2. The SMILES string of the molecule is Cc1cccc2c(=O)cc(CSCC(=O)Nc3ccc(F)c(Cl)c3)[nH]c12. The third-order valence-corrected chi connectivity index (χ3v) is 5.09. The maximum Gasteiger partial charge on any atom is 0.234 e. The van der Waals surface area contributed by atoms with Crippen molar-refractivity contribution in [3.05, 3.63) is 74.8 Å². The van der Waals surface area contributed by atoms with E-state index in [0.29, 0.717) is 16.8 Å². The molecular formula is C19H16ClFN2O2S. The summed E-state index contributed by atoms with van der Waals surface area (Å²) in [6.45, 7) is 1.94. The molecule has 3 rings (SSSR count). The second-order valence-electron chi connectivity index (χ2n) is 5.83. The molecule has 0 saturated heterocycles. The average Bonchev–Trinajstić information content (AvgIpc) is 2.59. The van der Waals surface area contributed by atoms with Gasteiger partial charge in [-0.15, -0.1) is 11.8 Å². The minimum Gasteiger partial charge on any atom is -0.357 e. The molecule has 134 valence electrons. The van der Waals surface area contributed by atoms with E-state index in [1.165, 1.54) is 30.0 Å². The van der Waals surface area contributed by atoms with Gasteiger partial charge in [-0.3, -0.25) is 9.59 Å². The third kappa shape index (κ3) is 4.26. The van der Waals surface area contributed by atoms with Gasteiger partial charge in [0.2, 0.25) is 5.91 Å². The van der Waals surface area contributed by atoms with Crippen LogP contribution in [0.15, 0.2) is 47.3 Å². The minimum absolute atomic E-state index is 0.0385. The van der Waals surface area contributed by atoms with Crippen LogP contribution in [0.4, 0.5) is 10.1 Å². The van der Waals surface area contributed by atoms with Crippen LogP contribution in [0.2, 0.25) is 5.02 Å². The van der Waals surface area contributed by atoms with Gasteiger partial charge in [0.15, 0.2) is 5.43 Å². The van der Waals surface area contributed by atoms with Crippen molar-refractivity contribution in [2.24, 2.45) is 0 Å². The van der Waals surface area contributed by atoms with Crippen LogP contribution in [0.5, 0.6) is 0 Å². The number of nitrogens with one attached hydrogen (secondary N) is 2. The number of pyridine rings is 1. The van der Waals surface area contributed by atoms with Crippen molar-refractivity contribution in [1.82, 2.24) is 4.98 Å². The number of H-pyrrole nitrogens is 1. The first-order chi connectivity index (χ1) is 12.4. The van der Waals surface area contributed by atoms with Gasteiger partial charge in [-0.05, 0) is 36.8 Å². The fourth-order valence-corrected chi connectivity index (χ4v) is 3.49. The molecule has 0 radical (unpaired) electrons. The first kappa shape index (κ1) is 18.5. The maximum absolute atomic E-state index is 13.1. The lowest BCUT2D eigenvalue weighted by Crippen LogP contribution is -2.14. The normalized spacial score (nSPS) is 10.9. The summed E-state index contributed by atoms with van der Waals surface area (Å²) < 4.78 is 13.1. The number of anilines is 1. The molecule has 3 aromatic rings. The summed E-state index contributed by atoms with van der Waals surface area (Å²) in [5.41, 5.74) is 2.98. The number of para-hydroxylation sites is 1. The Balaban J connectivity index is 1.61. The molecule has 0 fully saturated rings. The summed E-state index contributed by atoms with van der Waals surface area (Å²) in [5.74, 6) is -0.0634. The van der Waals surface area contributed by atoms with Gasteiger partial charge in [-0.25, -0.2) is 4.39 Å². The summed E-state index contributed by atoms with van der Waals surface area (Å²) in [6, 6.07) is 11.2. The van der Waals surface area contributed by atoms with Crippen LogP contribution in [0.3, 0.4) is 0 Å². The first-order valence-electron chi connectivity index (χ1n) is 7.88. The minimum atomic E-state index is -0.533. The number of halogens is 2. The van der Waals surface area contributed by atoms with E-state index in [1.54, 1.807) is 12.1 Å². The number of carbonyl (C=O) groups excluding carboxylic acids is 1. The van der Waals surface area contributed by atoms with E-state index in [9.17, 15) is 14.0 Å². The van der Waals surface area contributed by atoms with Gasteiger partial charge in [0.1, 0.15) is 5.82 Å². The molecule has 1 amide bonds. The zero-order valence-electron chi connectivity index (χ0n) is 13.9. The average molecular weight is 391 g/mol. The maximum atomic E-state index is 13.1. The van der Waals surface area contributed by atoms with Gasteiger partial charge in [0, 0.05) is 28.6 Å². The van der Waals surface area contributed by atoms with Crippen molar-refractivity contribution in [2.45, 2.75) is 12.7 Å². The molecule has 2 N–H and O–H groups in total. The van der Waals surface area contributed by atoms with Crippen LogP contribution < -0.4 is 10.7 Å². The Kier molecular flexibility index (Phi) is 5.64. The van der Waals surface area contributed by atoms with Crippen LogP contribution in [-0.2, 0) is 10.5 Å². The highest BCUT2D eigenvalue weighted by atomic mass is 35.5. The topological polar surface area (TPSA) is 62.0 Å². The number of amides is 1. The summed E-state index contributed by atoms with van der Waals surface area (Å²) in [5, 5.41) is 3.28.